The summed E-state index contributed by atoms with van der Waals surface area (Å²) in [6, 6.07) is 7.52. The Labute approximate surface area is 160 Å². The van der Waals surface area contributed by atoms with E-state index in [-0.39, 0.29) is 11.9 Å². The van der Waals surface area contributed by atoms with E-state index in [1.807, 2.05) is 63.8 Å². The molecule has 0 spiro atoms. The molecule has 0 aliphatic rings. The van der Waals surface area contributed by atoms with Gasteiger partial charge in [-0.05, 0) is 37.4 Å². The van der Waals surface area contributed by atoms with Gasteiger partial charge in [0.2, 0.25) is 0 Å². The number of aryl methyl sites for hydroxylation is 3. The van der Waals surface area contributed by atoms with Gasteiger partial charge >= 0.3 is 0 Å². The lowest BCUT2D eigenvalue weighted by molar-refractivity contribution is 0.0940. The van der Waals surface area contributed by atoms with Gasteiger partial charge in [-0.2, -0.15) is 10.2 Å². The molecule has 0 saturated heterocycles. The Morgan fingerprint density at radius 1 is 1.26 bits per heavy atom. The number of nitrogens with one attached hydrogen (secondary N) is 1. The molecule has 1 amide bonds. The summed E-state index contributed by atoms with van der Waals surface area (Å²) in [4.78, 5) is 18.9. The van der Waals surface area contributed by atoms with E-state index in [1.165, 1.54) is 0 Å². The van der Waals surface area contributed by atoms with E-state index in [1.54, 1.807) is 20.7 Å². The summed E-state index contributed by atoms with van der Waals surface area (Å²) in [6.45, 7) is 3.82. The summed E-state index contributed by atoms with van der Waals surface area (Å²) < 4.78 is 3.45. The number of fused-ring (bicyclic) bond motifs is 1. The minimum absolute atomic E-state index is 0.158. The van der Waals surface area contributed by atoms with Crippen molar-refractivity contribution in [3.05, 3.63) is 52.8 Å². The Hall–Kier alpha value is -3.00. The highest BCUT2D eigenvalue weighted by atomic mass is 32.1. The number of thiophene rings is 1. The molecular formula is C19H20N6OS. The predicted octanol–water partition coefficient (Wildman–Crippen LogP) is 3.23. The van der Waals surface area contributed by atoms with Gasteiger partial charge in [-0.3, -0.25) is 14.2 Å². The van der Waals surface area contributed by atoms with E-state index in [0.29, 0.717) is 11.2 Å². The number of rotatable bonds is 4. The van der Waals surface area contributed by atoms with Crippen molar-refractivity contribution in [1.82, 2.24) is 29.9 Å². The molecule has 7 nitrogen and oxygen atoms in total. The van der Waals surface area contributed by atoms with E-state index in [0.717, 1.165) is 27.3 Å². The first-order valence-corrected chi connectivity index (χ1v) is 9.50. The van der Waals surface area contributed by atoms with E-state index < -0.39 is 0 Å². The van der Waals surface area contributed by atoms with Crippen LogP contribution in [0.25, 0.3) is 21.6 Å². The molecule has 0 aliphatic carbocycles. The lowest BCUT2D eigenvalue weighted by Gasteiger charge is -2.13. The van der Waals surface area contributed by atoms with Crippen LogP contribution in [0.1, 0.15) is 34.7 Å². The highest BCUT2D eigenvalue weighted by molar-refractivity contribution is 7.13. The van der Waals surface area contributed by atoms with Crippen LogP contribution in [-0.4, -0.2) is 30.5 Å². The smallest absolute Gasteiger partial charge is 0.252 e. The molecule has 8 heteroatoms. The first-order chi connectivity index (χ1) is 12.9. The number of hydrogen-bond acceptors (Lipinski definition) is 5. The van der Waals surface area contributed by atoms with Crippen molar-refractivity contribution in [2.45, 2.75) is 19.9 Å². The van der Waals surface area contributed by atoms with Gasteiger partial charge in [0.25, 0.3) is 5.91 Å². The number of amides is 1. The van der Waals surface area contributed by atoms with Gasteiger partial charge in [-0.1, -0.05) is 6.07 Å². The van der Waals surface area contributed by atoms with Crippen molar-refractivity contribution in [3.63, 3.8) is 0 Å². The third-order valence-electron chi connectivity index (χ3n) is 4.51. The second-order valence-corrected chi connectivity index (χ2v) is 7.50. The molecule has 4 aromatic heterocycles. The monoisotopic (exact) mass is 380 g/mol. The van der Waals surface area contributed by atoms with Crippen molar-refractivity contribution in [2.75, 3.05) is 0 Å². The highest BCUT2D eigenvalue weighted by Crippen LogP contribution is 2.29. The van der Waals surface area contributed by atoms with Crippen molar-refractivity contribution >= 4 is 28.3 Å². The summed E-state index contributed by atoms with van der Waals surface area (Å²) in [7, 11) is 3.70. The predicted molar refractivity (Wildman–Crippen MR) is 106 cm³/mol. The van der Waals surface area contributed by atoms with Crippen LogP contribution in [0.3, 0.4) is 0 Å². The van der Waals surface area contributed by atoms with E-state index >= 15 is 0 Å². The number of hydrogen-bond donors (Lipinski definition) is 1. The van der Waals surface area contributed by atoms with Crippen LogP contribution < -0.4 is 5.32 Å². The molecule has 1 unspecified atom stereocenters. The molecule has 138 valence electrons. The van der Waals surface area contributed by atoms with Gasteiger partial charge in [0.05, 0.1) is 39.0 Å². The zero-order valence-corrected chi connectivity index (χ0v) is 16.4. The van der Waals surface area contributed by atoms with Gasteiger partial charge in [0.15, 0.2) is 5.65 Å². The Balaban J connectivity index is 1.78. The molecule has 0 aromatic carbocycles. The van der Waals surface area contributed by atoms with Crippen LogP contribution in [0.5, 0.6) is 0 Å². The Morgan fingerprint density at radius 2 is 2.07 bits per heavy atom. The third-order valence-corrected chi connectivity index (χ3v) is 5.40. The molecule has 1 N–H and O–H groups in total. The van der Waals surface area contributed by atoms with Crippen LogP contribution in [-0.2, 0) is 14.1 Å². The average molecular weight is 380 g/mol. The number of carbonyl (C=O) groups excluding carboxylic acids is 1. The molecule has 0 radical (unpaired) electrons. The second-order valence-electron chi connectivity index (χ2n) is 6.55. The minimum atomic E-state index is -0.205. The van der Waals surface area contributed by atoms with Crippen LogP contribution in [0.2, 0.25) is 0 Å². The molecule has 1 atom stereocenters. The van der Waals surface area contributed by atoms with E-state index in [9.17, 15) is 4.79 Å². The molecule has 4 aromatic rings. The van der Waals surface area contributed by atoms with Gasteiger partial charge in [-0.15, -0.1) is 11.3 Å². The SMILES string of the molecule is Cc1nn(C)c2nc(-c3cccs3)cc(C(=O)NC(C)c3ccn(C)n3)c12. The maximum Gasteiger partial charge on any atom is 0.252 e. The van der Waals surface area contributed by atoms with Crippen LogP contribution in [0.4, 0.5) is 0 Å². The molecule has 0 fully saturated rings. The number of aromatic nitrogens is 5. The third kappa shape index (κ3) is 3.12. The van der Waals surface area contributed by atoms with Crippen LogP contribution in [0.15, 0.2) is 35.8 Å². The highest BCUT2D eigenvalue weighted by Gasteiger charge is 2.21. The summed E-state index contributed by atoms with van der Waals surface area (Å²) in [6.07, 6.45) is 1.86. The van der Waals surface area contributed by atoms with Crippen LogP contribution >= 0.6 is 11.3 Å². The lowest BCUT2D eigenvalue weighted by Crippen LogP contribution is -2.27. The van der Waals surface area contributed by atoms with Crippen molar-refractivity contribution < 1.29 is 4.79 Å². The van der Waals surface area contributed by atoms with Gasteiger partial charge in [0.1, 0.15) is 0 Å². The molecular weight excluding hydrogens is 360 g/mol. The zero-order valence-electron chi connectivity index (χ0n) is 15.6. The van der Waals surface area contributed by atoms with E-state index in [4.69, 9.17) is 4.98 Å². The Morgan fingerprint density at radius 3 is 2.74 bits per heavy atom. The van der Waals surface area contributed by atoms with E-state index in [2.05, 4.69) is 15.5 Å². The summed E-state index contributed by atoms with van der Waals surface area (Å²) in [5.41, 5.74) is 3.66. The van der Waals surface area contributed by atoms with Gasteiger partial charge < -0.3 is 5.32 Å². The zero-order chi connectivity index (χ0) is 19.1. The molecule has 4 rings (SSSR count). The Bertz CT molecular complexity index is 1120. The standard InChI is InChI=1S/C19H20N6OS/c1-11(14-7-8-24(3)23-14)20-19(26)13-10-15(16-6-5-9-27-16)21-18-17(13)12(2)22-25(18)4/h5-11H,1-4H3,(H,20,26). The number of carbonyl (C=O) groups is 1. The lowest BCUT2D eigenvalue weighted by atomic mass is 10.1. The fraction of sp³-hybridized carbons (Fsp3) is 0.263. The Kier molecular flexibility index (Phi) is 4.27. The fourth-order valence-corrected chi connectivity index (χ4v) is 3.87. The summed E-state index contributed by atoms with van der Waals surface area (Å²) in [5, 5.41) is 14.7. The topological polar surface area (TPSA) is 77.6 Å². The molecule has 0 aliphatic heterocycles. The summed E-state index contributed by atoms with van der Waals surface area (Å²) >= 11 is 1.59. The summed E-state index contributed by atoms with van der Waals surface area (Å²) in [5.74, 6) is -0.158. The number of nitrogens with zero attached hydrogens (tertiary/aromatic N) is 5. The molecule has 0 saturated carbocycles. The molecule has 0 bridgehead atoms. The maximum absolute atomic E-state index is 13.1. The fourth-order valence-electron chi connectivity index (χ4n) is 3.19. The minimum Gasteiger partial charge on any atom is -0.344 e. The first kappa shape index (κ1) is 17.4. The quantitative estimate of drug-likeness (QED) is 0.590. The van der Waals surface area contributed by atoms with Crippen molar-refractivity contribution in [1.29, 1.82) is 0 Å². The largest absolute Gasteiger partial charge is 0.344 e. The average Bonchev–Trinajstić information content (AvgIpc) is 3.36. The molecule has 4 heterocycles. The number of pyridine rings is 1. The molecule has 27 heavy (non-hydrogen) atoms. The van der Waals surface area contributed by atoms with Crippen LogP contribution in [0, 0.1) is 6.92 Å². The van der Waals surface area contributed by atoms with Crippen molar-refractivity contribution in [3.8, 4) is 10.6 Å². The first-order valence-electron chi connectivity index (χ1n) is 8.62. The normalized spacial score (nSPS) is 12.4. The van der Waals surface area contributed by atoms with Gasteiger partial charge in [-0.25, -0.2) is 4.98 Å². The maximum atomic E-state index is 13.1. The second kappa shape index (κ2) is 6.62. The van der Waals surface area contributed by atoms with Crippen molar-refractivity contribution in [2.24, 2.45) is 14.1 Å². The van der Waals surface area contributed by atoms with Gasteiger partial charge in [0, 0.05) is 20.3 Å².